The molecule has 3 heterocycles. The number of nitrogen functional groups attached to an aromatic ring is 1. The minimum absolute atomic E-state index is 0.340. The summed E-state index contributed by atoms with van der Waals surface area (Å²) in [5.74, 6) is 0.856. The third-order valence-corrected chi connectivity index (χ3v) is 5.04. The van der Waals surface area contributed by atoms with Crippen LogP contribution in [0.4, 0.5) is 5.95 Å². The van der Waals surface area contributed by atoms with Crippen LogP contribution in [0.2, 0.25) is 0 Å². The Kier molecular flexibility index (Phi) is 5.23. The van der Waals surface area contributed by atoms with Crippen molar-refractivity contribution >= 4 is 5.95 Å². The molecular weight excluding hydrogens is 278 g/mol. The Bertz CT molecular complexity index is 458. The lowest BCUT2D eigenvalue weighted by Crippen LogP contribution is -2.50. The van der Waals surface area contributed by atoms with E-state index in [-0.39, 0.29) is 0 Å². The quantitative estimate of drug-likeness (QED) is 0.854. The third kappa shape index (κ3) is 3.94. The van der Waals surface area contributed by atoms with Gasteiger partial charge in [0, 0.05) is 43.7 Å². The Hall–Kier alpha value is -1.24. The van der Waals surface area contributed by atoms with E-state index in [4.69, 9.17) is 5.73 Å². The van der Waals surface area contributed by atoms with Gasteiger partial charge < -0.3 is 10.8 Å². The van der Waals surface area contributed by atoms with Crippen molar-refractivity contribution in [3.63, 3.8) is 0 Å². The number of aliphatic hydroxyl groups excluding tert-OH is 1. The van der Waals surface area contributed by atoms with Crippen LogP contribution in [0.1, 0.15) is 31.2 Å². The van der Waals surface area contributed by atoms with E-state index in [2.05, 4.69) is 19.8 Å². The molecule has 0 saturated carbocycles. The molecule has 22 heavy (non-hydrogen) atoms. The standard InChI is InChI=1S/C16H27N5O/c17-16-18-8-14(9-19-16)10-20-5-1-2-15(11-20)21-6-3-13(12-22)4-7-21/h8-9,13,15,22H,1-7,10-12H2,(H2,17,18,19). The molecule has 0 bridgehead atoms. The molecule has 0 aliphatic carbocycles. The number of aliphatic hydroxyl groups is 1. The van der Waals surface area contributed by atoms with Crippen LogP contribution in [0, 0.1) is 5.92 Å². The second kappa shape index (κ2) is 7.35. The molecule has 2 aliphatic heterocycles. The minimum atomic E-state index is 0.340. The van der Waals surface area contributed by atoms with E-state index in [1.54, 1.807) is 0 Å². The number of hydrogen-bond donors (Lipinski definition) is 2. The zero-order valence-corrected chi connectivity index (χ0v) is 13.2. The van der Waals surface area contributed by atoms with Crippen LogP contribution in [0.25, 0.3) is 0 Å². The minimum Gasteiger partial charge on any atom is -0.396 e. The van der Waals surface area contributed by atoms with Gasteiger partial charge in [0.25, 0.3) is 0 Å². The van der Waals surface area contributed by atoms with Crippen molar-refractivity contribution < 1.29 is 5.11 Å². The Labute approximate surface area is 132 Å². The van der Waals surface area contributed by atoms with Gasteiger partial charge in [0.15, 0.2) is 0 Å². The molecule has 1 aromatic rings. The number of nitrogens with two attached hydrogens (primary N) is 1. The molecule has 122 valence electrons. The smallest absolute Gasteiger partial charge is 0.219 e. The van der Waals surface area contributed by atoms with E-state index in [1.807, 2.05) is 12.4 Å². The lowest BCUT2D eigenvalue weighted by atomic mass is 9.94. The highest BCUT2D eigenvalue weighted by molar-refractivity contribution is 5.17. The van der Waals surface area contributed by atoms with E-state index >= 15 is 0 Å². The highest BCUT2D eigenvalue weighted by atomic mass is 16.3. The molecule has 1 aromatic heterocycles. The maximum absolute atomic E-state index is 9.27. The number of anilines is 1. The Morgan fingerprint density at radius 1 is 1.14 bits per heavy atom. The maximum Gasteiger partial charge on any atom is 0.219 e. The zero-order valence-electron chi connectivity index (χ0n) is 13.2. The summed E-state index contributed by atoms with van der Waals surface area (Å²) in [6, 6.07) is 0.656. The lowest BCUT2D eigenvalue weighted by Gasteiger charge is -2.42. The number of likely N-dealkylation sites (tertiary alicyclic amines) is 2. The first-order chi connectivity index (χ1) is 10.7. The van der Waals surface area contributed by atoms with E-state index in [0.717, 1.165) is 51.1 Å². The average molecular weight is 305 g/mol. The van der Waals surface area contributed by atoms with Gasteiger partial charge in [-0.15, -0.1) is 0 Å². The average Bonchev–Trinajstić information content (AvgIpc) is 2.57. The third-order valence-electron chi connectivity index (χ3n) is 5.04. The van der Waals surface area contributed by atoms with E-state index < -0.39 is 0 Å². The van der Waals surface area contributed by atoms with Gasteiger partial charge in [-0.3, -0.25) is 9.80 Å². The summed E-state index contributed by atoms with van der Waals surface area (Å²) in [6.45, 7) is 5.79. The fraction of sp³-hybridized carbons (Fsp3) is 0.750. The van der Waals surface area contributed by atoms with E-state index in [1.165, 1.54) is 12.8 Å². The van der Waals surface area contributed by atoms with Crippen LogP contribution in [0.3, 0.4) is 0 Å². The molecule has 0 spiro atoms. The van der Waals surface area contributed by atoms with E-state index in [0.29, 0.717) is 24.5 Å². The van der Waals surface area contributed by atoms with Gasteiger partial charge in [-0.05, 0) is 51.2 Å². The first kappa shape index (κ1) is 15.6. The highest BCUT2D eigenvalue weighted by Crippen LogP contribution is 2.23. The fourth-order valence-electron chi connectivity index (χ4n) is 3.68. The highest BCUT2D eigenvalue weighted by Gasteiger charge is 2.28. The predicted molar refractivity (Wildman–Crippen MR) is 86.1 cm³/mol. The molecule has 3 N–H and O–H groups in total. The van der Waals surface area contributed by atoms with Gasteiger partial charge in [0.2, 0.25) is 5.95 Å². The molecule has 6 heteroatoms. The molecular formula is C16H27N5O. The van der Waals surface area contributed by atoms with Crippen LogP contribution >= 0.6 is 0 Å². The Balaban J connectivity index is 1.52. The van der Waals surface area contributed by atoms with Crippen molar-refractivity contribution in [2.75, 3.05) is 38.5 Å². The van der Waals surface area contributed by atoms with Crippen molar-refractivity contribution in [3.8, 4) is 0 Å². The summed E-state index contributed by atoms with van der Waals surface area (Å²) < 4.78 is 0. The van der Waals surface area contributed by atoms with Gasteiger partial charge in [-0.25, -0.2) is 9.97 Å². The van der Waals surface area contributed by atoms with Gasteiger partial charge in [-0.1, -0.05) is 0 Å². The van der Waals surface area contributed by atoms with Crippen molar-refractivity contribution in [2.24, 2.45) is 5.92 Å². The van der Waals surface area contributed by atoms with Crippen molar-refractivity contribution in [1.29, 1.82) is 0 Å². The zero-order chi connectivity index (χ0) is 15.4. The first-order valence-corrected chi connectivity index (χ1v) is 8.38. The molecule has 0 radical (unpaired) electrons. The molecule has 0 aromatic carbocycles. The first-order valence-electron chi connectivity index (χ1n) is 8.38. The monoisotopic (exact) mass is 305 g/mol. The molecule has 1 atom stereocenters. The number of hydrogen-bond acceptors (Lipinski definition) is 6. The van der Waals surface area contributed by atoms with Crippen molar-refractivity contribution in [1.82, 2.24) is 19.8 Å². The maximum atomic E-state index is 9.27. The summed E-state index contributed by atoms with van der Waals surface area (Å²) in [5, 5.41) is 9.27. The number of nitrogens with zero attached hydrogens (tertiary/aromatic N) is 4. The summed E-state index contributed by atoms with van der Waals surface area (Å²) in [4.78, 5) is 13.3. The molecule has 6 nitrogen and oxygen atoms in total. The van der Waals surface area contributed by atoms with Crippen molar-refractivity contribution in [3.05, 3.63) is 18.0 Å². The molecule has 0 amide bonds. The molecule has 2 fully saturated rings. The summed E-state index contributed by atoms with van der Waals surface area (Å²) >= 11 is 0. The molecule has 1 unspecified atom stereocenters. The van der Waals surface area contributed by atoms with Gasteiger partial charge in [0.1, 0.15) is 0 Å². The van der Waals surface area contributed by atoms with Crippen LogP contribution in [-0.2, 0) is 6.54 Å². The second-order valence-electron chi connectivity index (χ2n) is 6.64. The molecule has 3 rings (SSSR count). The van der Waals surface area contributed by atoms with Gasteiger partial charge in [0.05, 0.1) is 0 Å². The lowest BCUT2D eigenvalue weighted by molar-refractivity contribution is 0.0543. The van der Waals surface area contributed by atoms with Crippen molar-refractivity contribution in [2.45, 2.75) is 38.3 Å². The molecule has 2 saturated heterocycles. The topological polar surface area (TPSA) is 78.5 Å². The van der Waals surface area contributed by atoms with Gasteiger partial charge >= 0.3 is 0 Å². The summed E-state index contributed by atoms with van der Waals surface area (Å²) in [6.07, 6.45) is 8.48. The van der Waals surface area contributed by atoms with Gasteiger partial charge in [-0.2, -0.15) is 0 Å². The summed E-state index contributed by atoms with van der Waals surface area (Å²) in [5.41, 5.74) is 6.67. The number of piperidine rings is 2. The number of rotatable bonds is 4. The Morgan fingerprint density at radius 2 is 1.86 bits per heavy atom. The summed E-state index contributed by atoms with van der Waals surface area (Å²) in [7, 11) is 0. The SMILES string of the molecule is Nc1ncc(CN2CCCC(N3CCC(CO)CC3)C2)cn1. The van der Waals surface area contributed by atoms with Crippen LogP contribution in [-0.4, -0.2) is 63.7 Å². The van der Waals surface area contributed by atoms with Crippen LogP contribution < -0.4 is 5.73 Å². The largest absolute Gasteiger partial charge is 0.396 e. The second-order valence-corrected chi connectivity index (χ2v) is 6.64. The Morgan fingerprint density at radius 3 is 2.55 bits per heavy atom. The predicted octanol–water partition coefficient (Wildman–Crippen LogP) is 0.728. The van der Waals surface area contributed by atoms with Crippen LogP contribution in [0.15, 0.2) is 12.4 Å². The van der Waals surface area contributed by atoms with Crippen LogP contribution in [0.5, 0.6) is 0 Å². The fourth-order valence-corrected chi connectivity index (χ4v) is 3.68. The normalized spacial score (nSPS) is 25.4. The van der Waals surface area contributed by atoms with E-state index in [9.17, 15) is 5.11 Å². The number of aromatic nitrogens is 2. The molecule has 2 aliphatic rings.